The molecule has 0 spiro atoms. The molecule has 4 aromatic carbocycles. The monoisotopic (exact) mass is 952 g/mol. The summed E-state index contributed by atoms with van der Waals surface area (Å²) in [7, 11) is 0. The second-order valence-electron chi connectivity index (χ2n) is 16.9. The van der Waals surface area contributed by atoms with E-state index in [1.165, 1.54) is 30.9 Å². The molecule has 57 heavy (non-hydrogen) atoms. The van der Waals surface area contributed by atoms with Crippen LogP contribution in [-0.4, -0.2) is 26.5 Å². The fraction of sp³-hybridized carbons (Fsp3) is 0.388. The van der Waals surface area contributed by atoms with Crippen molar-refractivity contribution in [3.8, 4) is 11.3 Å². The van der Waals surface area contributed by atoms with Crippen LogP contribution in [0.4, 0.5) is 13.2 Å². The third kappa shape index (κ3) is 8.23. The minimum Gasteiger partial charge on any atom is -0.512 e. The summed E-state index contributed by atoms with van der Waals surface area (Å²) in [6, 6.07) is 28.0. The van der Waals surface area contributed by atoms with Gasteiger partial charge in [-0.15, -0.1) is 29.1 Å². The Bertz CT molecular complexity index is 2550. The fourth-order valence-corrected chi connectivity index (χ4v) is 8.19. The minimum absolute atomic E-state index is 0. The van der Waals surface area contributed by atoms with E-state index < -0.39 is 11.6 Å². The van der Waals surface area contributed by atoms with E-state index in [2.05, 4.69) is 55.5 Å². The van der Waals surface area contributed by atoms with Gasteiger partial charge in [0.05, 0.1) is 22.2 Å². The van der Waals surface area contributed by atoms with Crippen molar-refractivity contribution in [2.24, 2.45) is 17.3 Å². The average molecular weight is 952 g/mol. The largest absolute Gasteiger partial charge is 0.512 e. The number of carbonyl (C=O) groups excluding carboxylic acids is 1. The van der Waals surface area contributed by atoms with Crippen LogP contribution >= 0.6 is 0 Å². The molecule has 0 bridgehead atoms. The van der Waals surface area contributed by atoms with E-state index in [1.54, 1.807) is 0 Å². The number of rotatable bonds is 10. The summed E-state index contributed by atoms with van der Waals surface area (Å²) in [4.78, 5) is 16.6. The maximum atomic E-state index is 14.0. The van der Waals surface area contributed by atoms with Crippen LogP contribution in [0.15, 0.2) is 90.8 Å². The number of aromatic nitrogens is 2. The van der Waals surface area contributed by atoms with Crippen molar-refractivity contribution in [3.63, 3.8) is 0 Å². The Kier molecular flexibility index (Phi) is 13.0. The fourth-order valence-electron chi connectivity index (χ4n) is 8.19. The second kappa shape index (κ2) is 16.9. The summed E-state index contributed by atoms with van der Waals surface area (Å²) in [5.74, 6) is 0.547. The zero-order valence-corrected chi connectivity index (χ0v) is 36.9. The molecule has 0 fully saturated rings. The van der Waals surface area contributed by atoms with Crippen LogP contribution in [0.5, 0.6) is 0 Å². The van der Waals surface area contributed by atoms with Gasteiger partial charge in [0.15, 0.2) is 5.78 Å². The predicted octanol–water partition coefficient (Wildman–Crippen LogP) is 14.1. The van der Waals surface area contributed by atoms with E-state index in [0.29, 0.717) is 5.56 Å². The number of allylic oxidation sites excluding steroid dienone is 2. The summed E-state index contributed by atoms with van der Waals surface area (Å²) in [6.45, 7) is 17.3. The SMILES string of the molecule is CC(C)(C)c1cc(-c2nccc3c4ccc(CC(C)(C)C(F)(F)F)c5c6ccccc6n(c23)c45)[c-]c2ccccc12.CCC(CC)C(=O)/C=C(\O)C(CC)CC.[Ir]. The zero-order chi connectivity index (χ0) is 40.7. The van der Waals surface area contributed by atoms with Gasteiger partial charge in [0.2, 0.25) is 0 Å². The Hall–Kier alpha value is -4.26. The van der Waals surface area contributed by atoms with E-state index in [-0.39, 0.29) is 55.3 Å². The average Bonchev–Trinajstić information content (AvgIpc) is 3.67. The molecular weight excluding hydrogens is 898 g/mol. The number of nitrogens with zero attached hydrogens (tertiary/aromatic N) is 2. The van der Waals surface area contributed by atoms with Gasteiger partial charge in [0, 0.05) is 77.0 Å². The minimum atomic E-state index is -4.31. The predicted molar refractivity (Wildman–Crippen MR) is 227 cm³/mol. The van der Waals surface area contributed by atoms with Gasteiger partial charge in [0.1, 0.15) is 0 Å². The van der Waals surface area contributed by atoms with Gasteiger partial charge in [-0.1, -0.05) is 122 Å². The Morgan fingerprint density at radius 2 is 1.39 bits per heavy atom. The number of carbonyl (C=O) groups is 1. The van der Waals surface area contributed by atoms with Gasteiger partial charge in [0.25, 0.3) is 0 Å². The van der Waals surface area contributed by atoms with E-state index in [0.717, 1.165) is 80.4 Å². The summed E-state index contributed by atoms with van der Waals surface area (Å²) in [5, 5.41) is 15.8. The topological polar surface area (TPSA) is 54.6 Å². The van der Waals surface area contributed by atoms with Crippen molar-refractivity contribution >= 4 is 54.7 Å². The molecule has 3 heterocycles. The van der Waals surface area contributed by atoms with Crippen LogP contribution in [0.3, 0.4) is 0 Å². The molecule has 1 radical (unpaired) electrons. The summed E-state index contributed by atoms with van der Waals surface area (Å²) in [6.07, 6.45) is 2.32. The van der Waals surface area contributed by atoms with E-state index >= 15 is 0 Å². The van der Waals surface area contributed by atoms with Gasteiger partial charge >= 0.3 is 6.18 Å². The number of fused-ring (bicyclic) bond motifs is 7. The molecular formula is C49H54F3IrN2O2-. The van der Waals surface area contributed by atoms with Crippen LogP contribution in [0.2, 0.25) is 0 Å². The summed E-state index contributed by atoms with van der Waals surface area (Å²) >= 11 is 0. The molecule has 7 rings (SSSR count). The van der Waals surface area contributed by atoms with Crippen molar-refractivity contribution in [1.29, 1.82) is 0 Å². The molecule has 0 amide bonds. The van der Waals surface area contributed by atoms with Crippen molar-refractivity contribution in [3.05, 3.63) is 108 Å². The van der Waals surface area contributed by atoms with Crippen LogP contribution < -0.4 is 0 Å². The normalized spacial score (nSPS) is 13.0. The van der Waals surface area contributed by atoms with Crippen LogP contribution in [0, 0.1) is 23.3 Å². The number of hydrogen-bond acceptors (Lipinski definition) is 3. The van der Waals surface area contributed by atoms with Gasteiger partial charge in [-0.25, -0.2) is 0 Å². The standard InChI is InChI=1S/C36H30F3N2.C13H24O2.Ir/c1-34(2,3)28-19-23(18-21-10-6-7-11-24(21)28)31-33-26(16-17-40-31)25-15-14-22(20-35(4,5)36(37,38)39)30-27-12-8-9-13-29(27)41(33)32(25)30;1-5-10(6-2)12(14)9-13(15)11(7-3)8-4;/h6-17,19H,20H2,1-5H3;9-11,14H,5-8H2,1-4H3;/q-1;;/b;12-9-;. The molecule has 7 aromatic rings. The van der Waals surface area contributed by atoms with Crippen LogP contribution in [-0.2, 0) is 36.7 Å². The molecule has 3 aromatic heterocycles. The third-order valence-corrected chi connectivity index (χ3v) is 11.7. The first kappa shape index (κ1) is 43.9. The molecule has 1 N–H and O–H groups in total. The van der Waals surface area contributed by atoms with Gasteiger partial charge in [-0.2, -0.15) is 13.2 Å². The molecule has 0 aliphatic rings. The Morgan fingerprint density at radius 3 is 2.00 bits per heavy atom. The number of aliphatic hydroxyl groups excluding tert-OH is 1. The maximum Gasteiger partial charge on any atom is 0.394 e. The number of hydrogen-bond donors (Lipinski definition) is 1. The first-order valence-electron chi connectivity index (χ1n) is 20.0. The molecule has 0 unspecified atom stereocenters. The van der Waals surface area contributed by atoms with Crippen LogP contribution in [0.1, 0.15) is 99.1 Å². The molecule has 8 heteroatoms. The number of alkyl halides is 3. The van der Waals surface area contributed by atoms with E-state index in [1.807, 2.05) is 82.4 Å². The summed E-state index contributed by atoms with van der Waals surface area (Å²) in [5.41, 5.74) is 4.55. The first-order chi connectivity index (χ1) is 26.5. The molecule has 0 atom stereocenters. The molecule has 0 aliphatic carbocycles. The van der Waals surface area contributed by atoms with E-state index in [4.69, 9.17) is 4.98 Å². The second-order valence-corrected chi connectivity index (χ2v) is 16.9. The molecule has 0 saturated heterocycles. The van der Waals surface area contributed by atoms with Gasteiger partial charge in [-0.05, 0) is 55.2 Å². The smallest absolute Gasteiger partial charge is 0.394 e. The zero-order valence-electron chi connectivity index (χ0n) is 34.5. The first-order valence-corrected chi connectivity index (χ1v) is 20.0. The van der Waals surface area contributed by atoms with Crippen LogP contribution in [0.25, 0.3) is 60.1 Å². The molecule has 0 saturated carbocycles. The molecule has 0 aliphatic heterocycles. The van der Waals surface area contributed by atoms with Crippen molar-refractivity contribution < 1.29 is 43.2 Å². The van der Waals surface area contributed by atoms with E-state index in [9.17, 15) is 23.1 Å². The number of benzene rings is 4. The Labute approximate surface area is 348 Å². The van der Waals surface area contributed by atoms with Gasteiger partial charge < -0.3 is 9.51 Å². The van der Waals surface area contributed by atoms with Crippen molar-refractivity contribution in [1.82, 2.24) is 9.38 Å². The number of aliphatic hydroxyl groups is 1. The number of para-hydroxylation sites is 1. The number of ketones is 1. The Morgan fingerprint density at radius 1 is 0.789 bits per heavy atom. The number of halogens is 3. The molecule has 4 nitrogen and oxygen atoms in total. The number of pyridine rings is 1. The van der Waals surface area contributed by atoms with Crippen molar-refractivity contribution in [2.45, 2.75) is 106 Å². The quantitative estimate of drug-likeness (QED) is 0.0844. The third-order valence-electron chi connectivity index (χ3n) is 11.7. The Balaban J connectivity index is 0.000000333. The summed E-state index contributed by atoms with van der Waals surface area (Å²) < 4.78 is 44.2. The van der Waals surface area contributed by atoms with Gasteiger partial charge in [-0.3, -0.25) is 9.78 Å². The molecule has 303 valence electrons. The maximum absolute atomic E-state index is 14.0. The van der Waals surface area contributed by atoms with Crippen molar-refractivity contribution in [2.75, 3.05) is 0 Å².